The van der Waals surface area contributed by atoms with Crippen LogP contribution in [0.15, 0.2) is 57.0 Å². The molecule has 28 heavy (non-hydrogen) atoms. The molecule has 0 spiro atoms. The van der Waals surface area contributed by atoms with Gasteiger partial charge < -0.3 is 10.9 Å². The summed E-state index contributed by atoms with van der Waals surface area (Å²) in [5, 5.41) is 11.5. The number of fused-ring (bicyclic) bond motifs is 1. The average molecular weight is 415 g/mol. The number of hydrogen-bond donors (Lipinski definition) is 2. The Bertz CT molecular complexity index is 1210. The molecule has 12 heteroatoms. The van der Waals surface area contributed by atoms with Crippen molar-refractivity contribution in [1.29, 1.82) is 0 Å². The van der Waals surface area contributed by atoms with Gasteiger partial charge in [0.15, 0.2) is 17.3 Å². The molecule has 0 aliphatic heterocycles. The van der Waals surface area contributed by atoms with E-state index in [1.807, 2.05) is 0 Å². The second-order valence-electron chi connectivity index (χ2n) is 5.73. The molecule has 0 aliphatic carbocycles. The van der Waals surface area contributed by atoms with Crippen molar-refractivity contribution < 1.29 is 27.0 Å². The predicted octanol–water partition coefficient (Wildman–Crippen LogP) is 3.38. The lowest BCUT2D eigenvalue weighted by Gasteiger charge is -2.08. The number of rotatable bonds is 3. The number of nitrogens with two attached hydrogens (primary N) is 1. The molecule has 3 N–H and O–H groups in total. The lowest BCUT2D eigenvalue weighted by atomic mass is 10.2. The molecule has 3 aromatic rings. The number of hydrogen-bond acceptors (Lipinski definition) is 5. The van der Waals surface area contributed by atoms with Crippen molar-refractivity contribution in [2.24, 2.45) is 15.3 Å². The first kappa shape index (κ1) is 19.6. The van der Waals surface area contributed by atoms with Crippen LogP contribution >= 0.6 is 0 Å². The van der Waals surface area contributed by atoms with Crippen LogP contribution in [0, 0.1) is 5.82 Å². The van der Waals surface area contributed by atoms with Crippen LogP contribution in [0.4, 0.5) is 23.4 Å². The number of oxime groups is 1. The quantitative estimate of drug-likeness (QED) is 0.225. The SMILES string of the molecule is CS(=O)(=Nc1c(C(F)(F)F)nc2cc(C(N)=NO)ccn12)c1ccccc1F. The van der Waals surface area contributed by atoms with Crippen LogP contribution in [-0.4, -0.2) is 30.9 Å². The number of alkyl halides is 3. The van der Waals surface area contributed by atoms with Crippen molar-refractivity contribution in [2.45, 2.75) is 11.1 Å². The fraction of sp³-hybridized carbons (Fsp3) is 0.125. The first-order chi connectivity index (χ1) is 13.0. The Balaban J connectivity index is 2.33. The van der Waals surface area contributed by atoms with Crippen LogP contribution < -0.4 is 5.73 Å². The van der Waals surface area contributed by atoms with E-state index >= 15 is 0 Å². The first-order valence-electron chi connectivity index (χ1n) is 7.58. The minimum atomic E-state index is -4.91. The summed E-state index contributed by atoms with van der Waals surface area (Å²) in [6.07, 6.45) is -2.72. The summed E-state index contributed by atoms with van der Waals surface area (Å²) < 4.78 is 72.0. The molecular weight excluding hydrogens is 402 g/mol. The number of benzene rings is 1. The van der Waals surface area contributed by atoms with Crippen LogP contribution in [-0.2, 0) is 15.9 Å². The summed E-state index contributed by atoms with van der Waals surface area (Å²) >= 11 is 0. The van der Waals surface area contributed by atoms with Crippen molar-refractivity contribution in [3.05, 3.63) is 59.7 Å². The third-order valence-corrected chi connectivity index (χ3v) is 5.45. The first-order valence-corrected chi connectivity index (χ1v) is 9.51. The molecule has 0 amide bonds. The Kier molecular flexibility index (Phi) is 4.75. The molecule has 3 rings (SSSR count). The maximum Gasteiger partial charge on any atom is 0.437 e. The van der Waals surface area contributed by atoms with Crippen molar-refractivity contribution in [2.75, 3.05) is 6.26 Å². The summed E-state index contributed by atoms with van der Waals surface area (Å²) in [4.78, 5) is 3.17. The van der Waals surface area contributed by atoms with Gasteiger partial charge in [0.25, 0.3) is 0 Å². The largest absolute Gasteiger partial charge is 0.437 e. The molecule has 0 aliphatic rings. The zero-order chi connectivity index (χ0) is 20.7. The molecule has 1 atom stereocenters. The highest BCUT2D eigenvalue weighted by Crippen LogP contribution is 2.37. The molecule has 0 saturated heterocycles. The van der Waals surface area contributed by atoms with Gasteiger partial charge in [-0.05, 0) is 24.3 Å². The number of pyridine rings is 1. The van der Waals surface area contributed by atoms with Crippen molar-refractivity contribution in [1.82, 2.24) is 9.38 Å². The van der Waals surface area contributed by atoms with Crippen LogP contribution in [0.3, 0.4) is 0 Å². The maximum atomic E-state index is 14.0. The average Bonchev–Trinajstić information content (AvgIpc) is 2.98. The summed E-state index contributed by atoms with van der Waals surface area (Å²) in [7, 11) is -3.57. The Morgan fingerprint density at radius 2 is 1.96 bits per heavy atom. The molecule has 0 fully saturated rings. The maximum absolute atomic E-state index is 14.0. The lowest BCUT2D eigenvalue weighted by Crippen LogP contribution is -2.13. The van der Waals surface area contributed by atoms with Gasteiger partial charge in [-0.15, -0.1) is 0 Å². The van der Waals surface area contributed by atoms with Crippen molar-refractivity contribution >= 4 is 27.0 Å². The van der Waals surface area contributed by atoms with E-state index in [-0.39, 0.29) is 21.9 Å². The van der Waals surface area contributed by atoms with E-state index in [1.165, 1.54) is 24.3 Å². The van der Waals surface area contributed by atoms with Gasteiger partial charge in [0.1, 0.15) is 11.5 Å². The summed E-state index contributed by atoms with van der Waals surface area (Å²) in [5.41, 5.74) is 3.94. The van der Waals surface area contributed by atoms with Gasteiger partial charge in [0.2, 0.25) is 0 Å². The number of aromatic nitrogens is 2. The smallest absolute Gasteiger partial charge is 0.409 e. The highest BCUT2D eigenvalue weighted by atomic mass is 32.2. The summed E-state index contributed by atoms with van der Waals surface area (Å²) in [5.74, 6) is -1.93. The zero-order valence-electron chi connectivity index (χ0n) is 14.2. The van der Waals surface area contributed by atoms with Gasteiger partial charge in [-0.1, -0.05) is 17.3 Å². The van der Waals surface area contributed by atoms with Crippen LogP contribution in [0.5, 0.6) is 0 Å². The predicted molar refractivity (Wildman–Crippen MR) is 93.5 cm³/mol. The fourth-order valence-electron chi connectivity index (χ4n) is 2.49. The van der Waals surface area contributed by atoms with Gasteiger partial charge in [-0.2, -0.15) is 17.5 Å². The molecule has 0 bridgehead atoms. The van der Waals surface area contributed by atoms with E-state index in [0.29, 0.717) is 0 Å². The molecule has 1 aromatic carbocycles. The minimum absolute atomic E-state index is 0.117. The zero-order valence-corrected chi connectivity index (χ0v) is 15.0. The van der Waals surface area contributed by atoms with E-state index in [2.05, 4.69) is 14.5 Å². The molecule has 1 unspecified atom stereocenters. The molecular formula is C16H13F4N5O2S. The number of imidazole rings is 1. The minimum Gasteiger partial charge on any atom is -0.409 e. The van der Waals surface area contributed by atoms with Gasteiger partial charge in [0.05, 0.1) is 14.6 Å². The summed E-state index contributed by atoms with van der Waals surface area (Å²) in [6, 6.07) is 7.40. The highest BCUT2D eigenvalue weighted by molar-refractivity contribution is 7.93. The number of nitrogens with zero attached hydrogens (tertiary/aromatic N) is 4. The summed E-state index contributed by atoms with van der Waals surface area (Å²) in [6.45, 7) is 0. The van der Waals surface area contributed by atoms with Crippen LogP contribution in [0.1, 0.15) is 11.3 Å². The standard InChI is InChI=1S/C16H13F4N5O2S/c1-28(27,11-5-3-2-4-10(11)17)24-15-13(16(18,19)20)22-12-8-9(14(21)23-26)6-7-25(12)15/h2-8,26H,1H3,(H2,21,23). The van der Waals surface area contributed by atoms with E-state index in [1.54, 1.807) is 0 Å². The fourth-order valence-corrected chi connectivity index (χ4v) is 3.86. The van der Waals surface area contributed by atoms with Gasteiger partial charge in [-0.25, -0.2) is 13.6 Å². The van der Waals surface area contributed by atoms with E-state index in [0.717, 1.165) is 29.0 Å². The van der Waals surface area contributed by atoms with Crippen molar-refractivity contribution in [3.8, 4) is 0 Å². The molecule has 7 nitrogen and oxygen atoms in total. The molecule has 0 radical (unpaired) electrons. The Labute approximate surface area is 156 Å². The van der Waals surface area contributed by atoms with Gasteiger partial charge in [-0.3, -0.25) is 4.40 Å². The van der Waals surface area contributed by atoms with E-state index in [4.69, 9.17) is 10.9 Å². The topological polar surface area (TPSA) is 105 Å². The lowest BCUT2D eigenvalue weighted by molar-refractivity contribution is -0.140. The third kappa shape index (κ3) is 3.50. The monoisotopic (exact) mass is 415 g/mol. The molecule has 148 valence electrons. The molecule has 2 heterocycles. The Morgan fingerprint density at radius 1 is 1.29 bits per heavy atom. The second kappa shape index (κ2) is 6.78. The van der Waals surface area contributed by atoms with Gasteiger partial charge in [0, 0.05) is 18.0 Å². The number of amidine groups is 1. The van der Waals surface area contributed by atoms with E-state index in [9.17, 15) is 21.8 Å². The third-order valence-electron chi connectivity index (χ3n) is 3.78. The molecule has 2 aromatic heterocycles. The second-order valence-corrected chi connectivity index (χ2v) is 7.96. The van der Waals surface area contributed by atoms with E-state index < -0.39 is 33.2 Å². The molecule has 0 saturated carbocycles. The highest BCUT2D eigenvalue weighted by Gasteiger charge is 2.38. The Morgan fingerprint density at radius 3 is 2.57 bits per heavy atom. The van der Waals surface area contributed by atoms with Crippen molar-refractivity contribution in [3.63, 3.8) is 0 Å². The number of halogens is 4. The Hall–Kier alpha value is -3.15. The van der Waals surface area contributed by atoms with Crippen LogP contribution in [0.25, 0.3) is 5.65 Å². The van der Waals surface area contributed by atoms with Gasteiger partial charge >= 0.3 is 6.18 Å². The van der Waals surface area contributed by atoms with Crippen LogP contribution in [0.2, 0.25) is 0 Å². The normalized spacial score (nSPS) is 14.8.